The van der Waals surface area contributed by atoms with E-state index in [4.69, 9.17) is 76.0 Å². The van der Waals surface area contributed by atoms with Crippen LogP contribution in [0.15, 0.2) is 35.3 Å². The van der Waals surface area contributed by atoms with Crippen molar-refractivity contribution < 1.29 is 160 Å². The van der Waals surface area contributed by atoms with Gasteiger partial charge in [-0.2, -0.15) is 11.8 Å². The van der Waals surface area contributed by atoms with Crippen LogP contribution >= 0.6 is 11.8 Å². The molecule has 0 radical (unpaired) electrons. The summed E-state index contributed by atoms with van der Waals surface area (Å²) < 4.78 is 88.8. The molecule has 5 fully saturated rings. The number of esters is 2. The zero-order valence-electron chi connectivity index (χ0n) is 75.2. The van der Waals surface area contributed by atoms with E-state index in [0.29, 0.717) is 100 Å². The maximum absolute atomic E-state index is 14.1. The average molecular weight is 1900 g/mol. The SMILES string of the molecule is CCc1c2c(nc3ccc(O)cc13)-c1cc3c(c(=O)n1C2)COC(=O)[C@@]3(CC)OC(=O)CNC(=O)COCC(=O)NCCOCCOCCn1cc(CNC(=O)CCCCCO[C@H]2[C@@H](O)[C@@H](O)[C@@H](OC)O[C@@H]2CO[C@H]2O[C@H](CO[C@H]3O[C@H](CO)[C@@H](O)[C@@H](O)[C@H]3O)[C@@H](OCCCCCC(=O)NCCOCCOCCNC(=O)C3CCC(CN4C(=O)CC(SC)C4=O)CC3)[C@@H](O)[C@H]2O)nn1. The first-order chi connectivity index (χ1) is 64.2. The maximum Gasteiger partial charge on any atom is 0.355 e. The van der Waals surface area contributed by atoms with Gasteiger partial charge in [-0.15, -0.1) is 5.10 Å². The molecule has 0 bridgehead atoms. The number of carbonyl (C=O) groups is 9. The second kappa shape index (κ2) is 52.1. The van der Waals surface area contributed by atoms with Crippen molar-refractivity contribution in [2.45, 2.75) is 239 Å². The van der Waals surface area contributed by atoms with Gasteiger partial charge < -0.3 is 148 Å². The van der Waals surface area contributed by atoms with Crippen molar-refractivity contribution in [2.75, 3.05) is 145 Å². The summed E-state index contributed by atoms with van der Waals surface area (Å²) in [4.78, 5) is 136. The lowest BCUT2D eigenvalue weighted by Gasteiger charge is -2.45. The van der Waals surface area contributed by atoms with Crippen LogP contribution in [-0.4, -0.2) is 371 Å². The summed E-state index contributed by atoms with van der Waals surface area (Å²) >= 11 is 1.39. The molecule has 1 aromatic carbocycles. The predicted molar refractivity (Wildman–Crippen MR) is 462 cm³/mol. The number of hydrogen-bond donors (Lipinski definition) is 14. The molecule has 7 amide bonds. The fourth-order valence-electron chi connectivity index (χ4n) is 16.9. The highest BCUT2D eigenvalue weighted by Gasteiger charge is 2.53. The first kappa shape index (κ1) is 105. The van der Waals surface area contributed by atoms with Crippen LogP contribution in [0.1, 0.15) is 132 Å². The Hall–Kier alpha value is -8.54. The van der Waals surface area contributed by atoms with E-state index in [2.05, 4.69) is 36.9 Å². The largest absolute Gasteiger partial charge is 0.508 e. The van der Waals surface area contributed by atoms with Gasteiger partial charge in [0, 0.05) is 88.2 Å². The number of amides is 7. The lowest BCUT2D eigenvalue weighted by Crippen LogP contribution is -2.63. The monoisotopic (exact) mass is 1900 g/mol. The van der Waals surface area contributed by atoms with Crippen LogP contribution in [0.3, 0.4) is 0 Å². The Balaban J connectivity index is 0.510. The van der Waals surface area contributed by atoms with Gasteiger partial charge in [0.25, 0.3) is 5.56 Å². The zero-order valence-corrected chi connectivity index (χ0v) is 76.0. The summed E-state index contributed by atoms with van der Waals surface area (Å²) in [7, 11) is 1.24. The molecule has 0 spiro atoms. The normalized spacial score (nSPS) is 26.8. The van der Waals surface area contributed by atoms with Gasteiger partial charge in [-0.3, -0.25) is 48.1 Å². The number of unbranched alkanes of at least 4 members (excludes halogenated alkanes) is 4. The number of hydrogen-bond acceptors (Lipinski definition) is 38. The highest BCUT2D eigenvalue weighted by Crippen LogP contribution is 2.43. The van der Waals surface area contributed by atoms with Crippen LogP contribution in [0, 0.1) is 11.8 Å². The van der Waals surface area contributed by atoms with E-state index >= 15 is 0 Å². The first-order valence-electron chi connectivity index (χ1n) is 45.3. The molecule has 7 aliphatic rings. The van der Waals surface area contributed by atoms with Gasteiger partial charge in [-0.25, -0.2) is 14.5 Å². The number of aryl methyl sites for hydroxylation is 1. The second-order valence-electron chi connectivity index (χ2n) is 33.4. The molecule has 46 heteroatoms. The minimum Gasteiger partial charge on any atom is -0.508 e. The van der Waals surface area contributed by atoms with Gasteiger partial charge in [-0.05, 0) is 106 Å². The van der Waals surface area contributed by atoms with Gasteiger partial charge >= 0.3 is 11.9 Å². The van der Waals surface area contributed by atoms with Crippen molar-refractivity contribution in [2.24, 2.45) is 11.8 Å². The number of benzene rings is 1. The van der Waals surface area contributed by atoms with Gasteiger partial charge in [-0.1, -0.05) is 31.9 Å². The molecule has 740 valence electrons. The van der Waals surface area contributed by atoms with E-state index in [1.54, 1.807) is 36.0 Å². The standard InChI is InChI=1S/C87H127N11O34S/c1-5-53-54-35-52(100)19-20-58(54)93-70-55(53)42-97-59(70)36-57-56(81(97)115)44-128-86(117)87(57,6-2)132-69(106)39-92-67(104)48-123-47-66(103)89-22-28-120-33-34-122-30-24-96-41-51(94-95-96)38-91-65(102)14-10-8-12-25-124-78-61(130-83(118-3)76(112)73(78)109)45-127-85-77(113)74(110)79(62(131-85)46-126-84-75(111)72(108)71(107)60(43-99)129-84)125-26-11-7-9-13-64(101)88-21-27-119-31-32-121-29-23-90-80(114)50-17-15-49(16-18-50)40-98-68(105)37-63(133-4)82(98)116/h19-20,35-36,41,49-50,60-63,71-79,83-85,99-100,107-113H,5-18,21-34,37-40,42-48H2,1-4H3,(H,88,101)(H,89,103)(H,90,114)(H,91,102)(H,92,104)/t49?,50?,60-,61-,62-,63?,71-,72-,73+,74+,75-,76-,77-,78-,79-,83+,84+,85+,87+/m1/s1. The van der Waals surface area contributed by atoms with Crippen LogP contribution in [-0.2, 0) is 152 Å². The molecule has 6 aliphatic heterocycles. The number of cyclic esters (lactones) is 1. The number of aromatic hydroxyl groups is 1. The molecular formula is C87H127N11O34S. The summed E-state index contributed by atoms with van der Waals surface area (Å²) in [6, 6.07) is 6.46. The Labute approximate surface area is 771 Å². The summed E-state index contributed by atoms with van der Waals surface area (Å²) in [5.41, 5.74) is 1.58. The van der Waals surface area contributed by atoms with Crippen molar-refractivity contribution in [3.05, 3.63) is 68.8 Å². The number of thioether (sulfide) groups is 1. The molecule has 1 unspecified atom stereocenters. The van der Waals surface area contributed by atoms with Crippen LogP contribution in [0.25, 0.3) is 22.3 Å². The molecule has 11 rings (SSSR count). The number of fused-ring (bicyclic) bond motifs is 5. The smallest absolute Gasteiger partial charge is 0.355 e. The quantitative estimate of drug-likeness (QED) is 0.0104. The number of aliphatic hydroxyl groups excluding tert-OH is 8. The lowest BCUT2D eigenvalue weighted by atomic mass is 9.81. The van der Waals surface area contributed by atoms with E-state index in [1.165, 1.54) is 34.4 Å². The highest BCUT2D eigenvalue weighted by molar-refractivity contribution is 8.00. The van der Waals surface area contributed by atoms with Gasteiger partial charge in [0.2, 0.25) is 47.0 Å². The van der Waals surface area contributed by atoms with Gasteiger partial charge in [0.05, 0.1) is 126 Å². The summed E-state index contributed by atoms with van der Waals surface area (Å²) in [5, 5.41) is 119. The van der Waals surface area contributed by atoms with Crippen LogP contribution in [0.4, 0.5) is 0 Å². The number of likely N-dealkylation sites (tertiary alicyclic amines) is 1. The van der Waals surface area contributed by atoms with Crippen molar-refractivity contribution in [1.82, 2.24) is 56.0 Å². The Bertz CT molecular complexity index is 4560. The summed E-state index contributed by atoms with van der Waals surface area (Å²) in [5.74, 6) is -3.80. The minimum absolute atomic E-state index is 0.00318. The molecule has 14 N–H and O–H groups in total. The third kappa shape index (κ3) is 28.4. The molecule has 9 heterocycles. The second-order valence-corrected chi connectivity index (χ2v) is 34.4. The number of aliphatic hydroxyl groups is 8. The fourth-order valence-corrected chi connectivity index (χ4v) is 17.6. The highest BCUT2D eigenvalue weighted by atomic mass is 32.2. The Morgan fingerprint density at radius 3 is 1.81 bits per heavy atom. The third-order valence-corrected chi connectivity index (χ3v) is 25.3. The topological polar surface area (TPSA) is 603 Å². The third-order valence-electron chi connectivity index (χ3n) is 24.3. The van der Waals surface area contributed by atoms with Crippen LogP contribution in [0.2, 0.25) is 0 Å². The Morgan fingerprint density at radius 1 is 0.617 bits per heavy atom. The lowest BCUT2D eigenvalue weighted by molar-refractivity contribution is -0.345. The molecule has 3 aromatic heterocycles. The molecular weight excluding hydrogens is 1780 g/mol. The van der Waals surface area contributed by atoms with Gasteiger partial charge in [0.1, 0.15) is 111 Å². The van der Waals surface area contributed by atoms with E-state index < -0.39 is 167 Å². The summed E-state index contributed by atoms with van der Waals surface area (Å²) in [6.45, 7) is 3.33. The first-order valence-corrected chi connectivity index (χ1v) is 46.6. The van der Waals surface area contributed by atoms with Crippen LogP contribution in [0.5, 0.6) is 5.75 Å². The predicted octanol–water partition coefficient (Wildman–Crippen LogP) is -3.08. The number of methoxy groups -OCH3 is 1. The Kier molecular flexibility index (Phi) is 41.1. The molecule has 133 heavy (non-hydrogen) atoms. The maximum atomic E-state index is 14.1. The number of phenols is 1. The molecule has 1 saturated carbocycles. The van der Waals surface area contributed by atoms with Crippen LogP contribution < -0.4 is 32.1 Å². The zero-order chi connectivity index (χ0) is 95.3. The number of nitrogens with zero attached hydrogens (tertiary/aromatic N) is 6. The fraction of sp³-hybridized carbons (Fsp3) is 0.713. The Morgan fingerprint density at radius 2 is 1.20 bits per heavy atom. The number of phenolic OH excluding ortho intramolecular Hbond substituents is 1. The van der Waals surface area contributed by atoms with E-state index in [-0.39, 0.29) is 188 Å². The number of ether oxygens (including phenoxy) is 15. The number of rotatable bonds is 55. The molecule has 4 saturated heterocycles. The molecule has 4 aromatic rings. The van der Waals surface area contributed by atoms with Crippen molar-refractivity contribution >= 4 is 76.0 Å². The molecule has 45 nitrogen and oxygen atoms in total. The van der Waals surface area contributed by atoms with E-state index in [9.17, 15) is 93.9 Å². The molecule has 1 aliphatic carbocycles. The van der Waals surface area contributed by atoms with Crippen molar-refractivity contribution in [3.63, 3.8) is 0 Å². The minimum atomic E-state index is -2.02. The van der Waals surface area contributed by atoms with E-state index in [1.807, 2.05) is 13.2 Å². The molecule has 17 atom stereocenters. The number of pyridine rings is 2. The van der Waals surface area contributed by atoms with Crippen molar-refractivity contribution in [3.8, 4) is 17.1 Å². The summed E-state index contributed by atoms with van der Waals surface area (Å²) in [6.07, 6.45) is -12.8. The number of carbonyl (C=O) groups excluding carboxylic acids is 9. The van der Waals surface area contributed by atoms with Gasteiger partial charge in [0.15, 0.2) is 18.9 Å². The van der Waals surface area contributed by atoms with E-state index in [0.717, 1.165) is 29.4 Å². The number of aromatic nitrogens is 5. The number of nitrogens with one attached hydrogen (secondary N) is 5. The average Bonchev–Trinajstić information content (AvgIpc) is 1.59. The van der Waals surface area contributed by atoms with Crippen molar-refractivity contribution in [1.29, 1.82) is 0 Å². The number of imide groups is 1.